The maximum absolute atomic E-state index is 12.3. The van der Waals surface area contributed by atoms with Crippen LogP contribution < -0.4 is 5.32 Å². The third kappa shape index (κ3) is 3.15. The van der Waals surface area contributed by atoms with E-state index in [2.05, 4.69) is 10.2 Å². The van der Waals surface area contributed by atoms with E-state index in [9.17, 15) is 14.7 Å². The first-order valence-electron chi connectivity index (χ1n) is 7.73. The fourth-order valence-electron chi connectivity index (χ4n) is 3.31. The Bertz CT molecular complexity index is 420. The third-order valence-electron chi connectivity index (χ3n) is 5.30. The van der Waals surface area contributed by atoms with E-state index in [-0.39, 0.29) is 11.6 Å². The standard InChI is InChI=1S/C15H27N3O3/c1-14(12(19)20)6-5-9-18(11-14)13(21)16-10-15(17(2)3)7-4-8-15/h4-11H2,1-3H3,(H,16,21)(H,19,20). The average Bonchev–Trinajstić information content (AvgIpc) is 2.36. The van der Waals surface area contributed by atoms with Gasteiger partial charge in [0.25, 0.3) is 0 Å². The number of aliphatic carboxylic acids is 1. The molecule has 0 spiro atoms. The van der Waals surface area contributed by atoms with E-state index >= 15 is 0 Å². The van der Waals surface area contributed by atoms with Gasteiger partial charge >= 0.3 is 12.0 Å². The number of likely N-dealkylation sites (N-methyl/N-ethyl adjacent to an activating group) is 1. The summed E-state index contributed by atoms with van der Waals surface area (Å²) in [5, 5.41) is 12.3. The van der Waals surface area contributed by atoms with Crippen molar-refractivity contribution in [3.8, 4) is 0 Å². The molecule has 1 atom stereocenters. The lowest BCUT2D eigenvalue weighted by Gasteiger charge is -2.48. The number of hydrogen-bond donors (Lipinski definition) is 2. The summed E-state index contributed by atoms with van der Waals surface area (Å²) in [7, 11) is 4.10. The predicted octanol–water partition coefficient (Wildman–Crippen LogP) is 1.37. The Morgan fingerprint density at radius 1 is 1.24 bits per heavy atom. The Morgan fingerprint density at radius 2 is 1.90 bits per heavy atom. The highest BCUT2D eigenvalue weighted by atomic mass is 16.4. The zero-order valence-corrected chi connectivity index (χ0v) is 13.3. The molecule has 120 valence electrons. The summed E-state index contributed by atoms with van der Waals surface area (Å²) < 4.78 is 0. The van der Waals surface area contributed by atoms with Gasteiger partial charge in [-0.15, -0.1) is 0 Å². The SMILES string of the molecule is CN(C)C1(CNC(=O)N2CCCC(C)(C(=O)O)C2)CCC1. The Labute approximate surface area is 126 Å². The molecule has 0 aromatic carbocycles. The maximum Gasteiger partial charge on any atom is 0.317 e. The van der Waals surface area contributed by atoms with E-state index in [1.807, 2.05) is 14.1 Å². The minimum absolute atomic E-state index is 0.0849. The molecule has 1 saturated heterocycles. The number of carbonyl (C=O) groups excluding carboxylic acids is 1. The molecule has 0 aromatic rings. The van der Waals surface area contributed by atoms with E-state index in [4.69, 9.17) is 0 Å². The monoisotopic (exact) mass is 297 g/mol. The van der Waals surface area contributed by atoms with Gasteiger partial charge in [-0.25, -0.2) is 4.79 Å². The lowest BCUT2D eigenvalue weighted by atomic mass is 9.75. The summed E-state index contributed by atoms with van der Waals surface area (Å²) in [6, 6.07) is -0.129. The van der Waals surface area contributed by atoms with Crippen molar-refractivity contribution in [2.24, 2.45) is 5.41 Å². The van der Waals surface area contributed by atoms with Crippen LogP contribution in [0.1, 0.15) is 39.0 Å². The summed E-state index contributed by atoms with van der Waals surface area (Å²) in [5.41, 5.74) is -0.729. The molecule has 1 aliphatic carbocycles. The molecule has 1 saturated carbocycles. The number of urea groups is 1. The summed E-state index contributed by atoms with van der Waals surface area (Å²) >= 11 is 0. The number of amides is 2. The van der Waals surface area contributed by atoms with E-state index < -0.39 is 11.4 Å². The molecule has 6 nitrogen and oxygen atoms in total. The van der Waals surface area contributed by atoms with Crippen molar-refractivity contribution in [2.75, 3.05) is 33.7 Å². The van der Waals surface area contributed by atoms with Gasteiger partial charge in [0.05, 0.1) is 5.41 Å². The molecule has 2 rings (SSSR count). The molecule has 1 unspecified atom stereocenters. The lowest BCUT2D eigenvalue weighted by Crippen LogP contribution is -2.59. The van der Waals surface area contributed by atoms with Crippen LogP contribution in [-0.4, -0.2) is 66.2 Å². The van der Waals surface area contributed by atoms with Gasteiger partial charge < -0.3 is 20.2 Å². The van der Waals surface area contributed by atoms with Gasteiger partial charge in [-0.05, 0) is 53.1 Å². The molecular weight excluding hydrogens is 270 g/mol. The summed E-state index contributed by atoms with van der Waals surface area (Å²) in [5.74, 6) is -0.816. The van der Waals surface area contributed by atoms with Crippen LogP contribution in [0.2, 0.25) is 0 Å². The molecule has 21 heavy (non-hydrogen) atoms. The van der Waals surface area contributed by atoms with E-state index in [1.165, 1.54) is 6.42 Å². The first-order chi connectivity index (χ1) is 9.79. The van der Waals surface area contributed by atoms with E-state index in [0.29, 0.717) is 26.1 Å². The minimum Gasteiger partial charge on any atom is -0.481 e. The molecule has 1 aliphatic heterocycles. The van der Waals surface area contributed by atoms with Crippen LogP contribution in [0.4, 0.5) is 4.79 Å². The first kappa shape index (κ1) is 16.1. The topological polar surface area (TPSA) is 72.9 Å². The van der Waals surface area contributed by atoms with Crippen molar-refractivity contribution in [1.29, 1.82) is 0 Å². The first-order valence-corrected chi connectivity index (χ1v) is 7.73. The van der Waals surface area contributed by atoms with Gasteiger partial charge in [-0.2, -0.15) is 0 Å². The minimum atomic E-state index is -0.816. The Morgan fingerprint density at radius 3 is 2.38 bits per heavy atom. The van der Waals surface area contributed by atoms with Crippen LogP contribution in [0.25, 0.3) is 0 Å². The number of piperidine rings is 1. The highest BCUT2D eigenvalue weighted by Crippen LogP contribution is 2.35. The second-order valence-electron chi connectivity index (χ2n) is 7.02. The quantitative estimate of drug-likeness (QED) is 0.822. The smallest absolute Gasteiger partial charge is 0.317 e. The van der Waals surface area contributed by atoms with Crippen molar-refractivity contribution < 1.29 is 14.7 Å². The van der Waals surface area contributed by atoms with E-state index in [0.717, 1.165) is 19.3 Å². The molecule has 6 heteroatoms. The van der Waals surface area contributed by atoms with Gasteiger partial charge in [-0.1, -0.05) is 0 Å². The van der Waals surface area contributed by atoms with E-state index in [1.54, 1.807) is 11.8 Å². The Kier molecular flexibility index (Phi) is 4.46. The molecule has 2 N–H and O–H groups in total. The average molecular weight is 297 g/mol. The molecule has 1 heterocycles. The second kappa shape index (κ2) is 5.83. The summed E-state index contributed by atoms with van der Waals surface area (Å²) in [6.45, 7) is 3.30. The second-order valence-corrected chi connectivity index (χ2v) is 7.02. The van der Waals surface area contributed by atoms with Crippen molar-refractivity contribution in [1.82, 2.24) is 15.1 Å². The zero-order valence-electron chi connectivity index (χ0n) is 13.3. The third-order valence-corrected chi connectivity index (χ3v) is 5.30. The van der Waals surface area contributed by atoms with Gasteiger partial charge in [0.2, 0.25) is 0 Å². The van der Waals surface area contributed by atoms with Crippen LogP contribution in [-0.2, 0) is 4.79 Å². The molecule has 0 aromatic heterocycles. The van der Waals surface area contributed by atoms with Crippen LogP contribution in [0.5, 0.6) is 0 Å². The summed E-state index contributed by atoms with van der Waals surface area (Å²) in [6.07, 6.45) is 4.79. The van der Waals surface area contributed by atoms with Crippen molar-refractivity contribution in [3.63, 3.8) is 0 Å². The largest absolute Gasteiger partial charge is 0.481 e. The number of carboxylic acid groups (broad SMARTS) is 1. The Hall–Kier alpha value is -1.30. The number of nitrogens with zero attached hydrogens (tertiary/aromatic N) is 2. The highest BCUT2D eigenvalue weighted by Gasteiger charge is 2.41. The fourth-order valence-corrected chi connectivity index (χ4v) is 3.31. The Balaban J connectivity index is 1.90. The molecular formula is C15H27N3O3. The lowest BCUT2D eigenvalue weighted by molar-refractivity contribution is -0.150. The predicted molar refractivity (Wildman–Crippen MR) is 80.2 cm³/mol. The fraction of sp³-hybridized carbons (Fsp3) is 0.867. The number of likely N-dealkylation sites (tertiary alicyclic amines) is 1. The zero-order chi connectivity index (χ0) is 15.7. The number of nitrogens with one attached hydrogen (secondary N) is 1. The van der Waals surface area contributed by atoms with Gasteiger partial charge in [0, 0.05) is 25.2 Å². The van der Waals surface area contributed by atoms with Crippen LogP contribution in [0.15, 0.2) is 0 Å². The van der Waals surface area contributed by atoms with Crippen LogP contribution in [0, 0.1) is 5.41 Å². The van der Waals surface area contributed by atoms with Crippen LogP contribution in [0.3, 0.4) is 0 Å². The van der Waals surface area contributed by atoms with Crippen molar-refractivity contribution >= 4 is 12.0 Å². The maximum atomic E-state index is 12.3. The number of carboxylic acids is 1. The molecule has 2 amide bonds. The number of carbonyl (C=O) groups is 2. The van der Waals surface area contributed by atoms with Gasteiger partial charge in [0.1, 0.15) is 0 Å². The van der Waals surface area contributed by atoms with Crippen molar-refractivity contribution in [2.45, 2.75) is 44.6 Å². The number of rotatable bonds is 4. The molecule has 2 aliphatic rings. The summed E-state index contributed by atoms with van der Waals surface area (Å²) in [4.78, 5) is 27.5. The van der Waals surface area contributed by atoms with Gasteiger partial charge in [0.15, 0.2) is 0 Å². The molecule has 2 fully saturated rings. The van der Waals surface area contributed by atoms with Crippen LogP contribution >= 0.6 is 0 Å². The highest BCUT2D eigenvalue weighted by molar-refractivity contribution is 5.78. The van der Waals surface area contributed by atoms with Gasteiger partial charge in [-0.3, -0.25) is 4.79 Å². The molecule has 0 radical (unpaired) electrons. The normalized spacial score (nSPS) is 28.1. The molecule has 0 bridgehead atoms. The van der Waals surface area contributed by atoms with Crippen molar-refractivity contribution in [3.05, 3.63) is 0 Å². The number of hydrogen-bond acceptors (Lipinski definition) is 3.